The van der Waals surface area contributed by atoms with Crippen molar-refractivity contribution in [3.8, 4) is 0 Å². The summed E-state index contributed by atoms with van der Waals surface area (Å²) in [6.07, 6.45) is 0. The van der Waals surface area contributed by atoms with Crippen molar-refractivity contribution in [1.29, 1.82) is 0 Å². The maximum atomic E-state index is 12.2. The van der Waals surface area contributed by atoms with Crippen LogP contribution in [0.2, 0.25) is 0 Å². The van der Waals surface area contributed by atoms with Gasteiger partial charge >= 0.3 is 0 Å². The third-order valence-corrected chi connectivity index (χ3v) is 5.73. The molecule has 0 spiro atoms. The zero-order valence-electron chi connectivity index (χ0n) is 15.4. The first-order valence-electron chi connectivity index (χ1n) is 8.46. The number of aromatic nitrogens is 2. The molecule has 7 nitrogen and oxygen atoms in total. The first-order valence-corrected chi connectivity index (χ1v) is 10.3. The van der Waals surface area contributed by atoms with Gasteiger partial charge in [0.1, 0.15) is 0 Å². The predicted octanol–water partition coefficient (Wildman–Crippen LogP) is 3.68. The molecule has 0 fully saturated rings. The molecule has 2 amide bonds. The summed E-state index contributed by atoms with van der Waals surface area (Å²) in [6, 6.07) is 14.7. The van der Waals surface area contributed by atoms with E-state index in [1.54, 1.807) is 31.3 Å². The molecule has 0 saturated heterocycles. The van der Waals surface area contributed by atoms with E-state index >= 15 is 0 Å². The number of aryl methyl sites for hydroxylation is 1. The molecule has 144 valence electrons. The van der Waals surface area contributed by atoms with E-state index < -0.39 is 0 Å². The number of benzene rings is 2. The van der Waals surface area contributed by atoms with Crippen LogP contribution >= 0.6 is 23.1 Å². The fraction of sp³-hybridized carbons (Fsp3) is 0.158. The summed E-state index contributed by atoms with van der Waals surface area (Å²) >= 11 is 2.70. The van der Waals surface area contributed by atoms with E-state index in [4.69, 9.17) is 0 Å². The van der Waals surface area contributed by atoms with Crippen molar-refractivity contribution in [3.05, 3.63) is 59.7 Å². The second kappa shape index (κ2) is 9.34. The molecule has 0 bridgehead atoms. The van der Waals surface area contributed by atoms with Crippen LogP contribution in [0.15, 0.2) is 52.9 Å². The molecular formula is C19H19N5O2S2. The Labute approximate surface area is 171 Å². The van der Waals surface area contributed by atoms with E-state index in [1.807, 2.05) is 31.2 Å². The van der Waals surface area contributed by atoms with Gasteiger partial charge in [0.2, 0.25) is 11.0 Å². The van der Waals surface area contributed by atoms with E-state index in [1.165, 1.54) is 23.1 Å². The topological polar surface area (TPSA) is 96.0 Å². The number of rotatable bonds is 7. The van der Waals surface area contributed by atoms with Crippen molar-refractivity contribution in [3.63, 3.8) is 0 Å². The Hall–Kier alpha value is -2.91. The fourth-order valence-electron chi connectivity index (χ4n) is 2.35. The SMILES string of the molecule is CNC(=O)c1cccc(NC(=O)CSc2nnc(Nc3ccccc3C)s2)c1. The highest BCUT2D eigenvalue weighted by Gasteiger charge is 2.10. The van der Waals surface area contributed by atoms with Crippen LogP contribution in [0.5, 0.6) is 0 Å². The minimum Gasteiger partial charge on any atom is -0.355 e. The Balaban J connectivity index is 1.53. The zero-order valence-corrected chi connectivity index (χ0v) is 17.0. The molecule has 1 heterocycles. The second-order valence-corrected chi connectivity index (χ2v) is 8.01. The number of nitrogens with zero attached hydrogens (tertiary/aromatic N) is 2. The molecule has 3 N–H and O–H groups in total. The van der Waals surface area contributed by atoms with Gasteiger partial charge in [-0.15, -0.1) is 10.2 Å². The Morgan fingerprint density at radius 1 is 1.11 bits per heavy atom. The van der Waals surface area contributed by atoms with Crippen molar-refractivity contribution in [2.45, 2.75) is 11.3 Å². The monoisotopic (exact) mass is 413 g/mol. The van der Waals surface area contributed by atoms with Crippen LogP contribution in [0, 0.1) is 6.92 Å². The average molecular weight is 414 g/mol. The Kier molecular flexibility index (Phi) is 6.62. The smallest absolute Gasteiger partial charge is 0.251 e. The van der Waals surface area contributed by atoms with Crippen molar-refractivity contribution >= 4 is 51.4 Å². The van der Waals surface area contributed by atoms with E-state index in [2.05, 4.69) is 26.1 Å². The van der Waals surface area contributed by atoms with Gasteiger partial charge in [0, 0.05) is 24.0 Å². The molecule has 9 heteroatoms. The van der Waals surface area contributed by atoms with Crippen LogP contribution in [-0.4, -0.2) is 34.8 Å². The summed E-state index contributed by atoms with van der Waals surface area (Å²) in [5, 5.41) is 17.5. The van der Waals surface area contributed by atoms with Crippen LogP contribution in [0.1, 0.15) is 15.9 Å². The van der Waals surface area contributed by atoms with Crippen LogP contribution in [0.25, 0.3) is 0 Å². The number of carbonyl (C=O) groups excluding carboxylic acids is 2. The number of anilines is 3. The average Bonchev–Trinajstić information content (AvgIpc) is 3.15. The van der Waals surface area contributed by atoms with Crippen molar-refractivity contribution in [2.75, 3.05) is 23.4 Å². The number of hydrogen-bond acceptors (Lipinski definition) is 7. The number of carbonyl (C=O) groups is 2. The van der Waals surface area contributed by atoms with Gasteiger partial charge < -0.3 is 16.0 Å². The lowest BCUT2D eigenvalue weighted by Crippen LogP contribution is -2.18. The maximum Gasteiger partial charge on any atom is 0.251 e. The molecule has 0 aliphatic rings. The molecule has 0 aliphatic carbocycles. The van der Waals surface area contributed by atoms with Crippen molar-refractivity contribution in [1.82, 2.24) is 15.5 Å². The fourth-order valence-corrected chi connectivity index (χ4v) is 3.92. The number of hydrogen-bond donors (Lipinski definition) is 3. The van der Waals surface area contributed by atoms with Crippen LogP contribution < -0.4 is 16.0 Å². The molecule has 0 saturated carbocycles. The minimum absolute atomic E-state index is 0.178. The van der Waals surface area contributed by atoms with Gasteiger partial charge in [0.05, 0.1) is 5.75 Å². The molecule has 3 rings (SSSR count). The summed E-state index contributed by atoms with van der Waals surface area (Å²) in [5.74, 6) is -0.181. The summed E-state index contributed by atoms with van der Waals surface area (Å²) < 4.78 is 0.699. The first-order chi connectivity index (χ1) is 13.5. The van der Waals surface area contributed by atoms with E-state index in [0.29, 0.717) is 20.7 Å². The quantitative estimate of drug-likeness (QED) is 0.512. The highest BCUT2D eigenvalue weighted by atomic mass is 32.2. The number of nitrogens with one attached hydrogen (secondary N) is 3. The number of amides is 2. The van der Waals surface area contributed by atoms with Crippen LogP contribution in [0.3, 0.4) is 0 Å². The van der Waals surface area contributed by atoms with Gasteiger partial charge in [-0.2, -0.15) is 0 Å². The lowest BCUT2D eigenvalue weighted by molar-refractivity contribution is -0.113. The summed E-state index contributed by atoms with van der Waals surface area (Å²) in [7, 11) is 1.56. The van der Waals surface area contributed by atoms with Gasteiger partial charge in [-0.25, -0.2) is 0 Å². The summed E-state index contributed by atoms with van der Waals surface area (Å²) in [5.41, 5.74) is 3.16. The van der Waals surface area contributed by atoms with E-state index in [0.717, 1.165) is 11.3 Å². The normalized spacial score (nSPS) is 10.4. The molecule has 2 aromatic carbocycles. The number of para-hydroxylation sites is 1. The molecule has 0 unspecified atom stereocenters. The molecule has 0 aliphatic heterocycles. The third-order valence-electron chi connectivity index (χ3n) is 3.76. The van der Waals surface area contributed by atoms with Gasteiger partial charge in [0.25, 0.3) is 5.91 Å². The molecule has 0 atom stereocenters. The standard InChI is InChI=1S/C19H19N5O2S2/c1-12-6-3-4-9-15(12)22-18-23-24-19(28-18)27-11-16(25)21-14-8-5-7-13(10-14)17(26)20-2/h3-10H,11H2,1-2H3,(H,20,26)(H,21,25)(H,22,23). The first kappa shape index (κ1) is 19.8. The Morgan fingerprint density at radius 3 is 2.71 bits per heavy atom. The molecule has 28 heavy (non-hydrogen) atoms. The zero-order chi connectivity index (χ0) is 19.9. The van der Waals surface area contributed by atoms with E-state index in [-0.39, 0.29) is 17.6 Å². The second-order valence-electron chi connectivity index (χ2n) is 5.81. The Bertz CT molecular complexity index is 990. The molecule has 3 aromatic rings. The van der Waals surface area contributed by atoms with Gasteiger partial charge in [0.15, 0.2) is 4.34 Å². The van der Waals surface area contributed by atoms with Gasteiger partial charge in [-0.1, -0.05) is 47.4 Å². The summed E-state index contributed by atoms with van der Waals surface area (Å²) in [6.45, 7) is 2.02. The van der Waals surface area contributed by atoms with Crippen LogP contribution in [0.4, 0.5) is 16.5 Å². The van der Waals surface area contributed by atoms with Gasteiger partial charge in [-0.3, -0.25) is 9.59 Å². The third kappa shape index (κ3) is 5.30. The lowest BCUT2D eigenvalue weighted by Gasteiger charge is -2.06. The molecule has 0 radical (unpaired) electrons. The molecule has 1 aromatic heterocycles. The Morgan fingerprint density at radius 2 is 1.93 bits per heavy atom. The van der Waals surface area contributed by atoms with E-state index in [9.17, 15) is 9.59 Å². The highest BCUT2D eigenvalue weighted by molar-refractivity contribution is 8.01. The van der Waals surface area contributed by atoms with Crippen LogP contribution in [-0.2, 0) is 4.79 Å². The summed E-state index contributed by atoms with van der Waals surface area (Å²) in [4.78, 5) is 23.9. The highest BCUT2D eigenvalue weighted by Crippen LogP contribution is 2.28. The largest absolute Gasteiger partial charge is 0.355 e. The van der Waals surface area contributed by atoms with Gasteiger partial charge in [-0.05, 0) is 36.8 Å². The van der Waals surface area contributed by atoms with Crippen molar-refractivity contribution in [2.24, 2.45) is 0 Å². The van der Waals surface area contributed by atoms with Crippen molar-refractivity contribution < 1.29 is 9.59 Å². The minimum atomic E-state index is -0.201. The lowest BCUT2D eigenvalue weighted by atomic mass is 10.2. The predicted molar refractivity (Wildman–Crippen MR) is 114 cm³/mol. The molecular weight excluding hydrogens is 394 g/mol. The maximum absolute atomic E-state index is 12.2. The number of thioether (sulfide) groups is 1.